The Morgan fingerprint density at radius 2 is 1.82 bits per heavy atom. The zero-order valence-electron chi connectivity index (χ0n) is 11.3. The number of benzene rings is 1. The van der Waals surface area contributed by atoms with Crippen LogP contribution < -0.4 is 0 Å². The van der Waals surface area contributed by atoms with Crippen LogP contribution in [0.25, 0.3) is 33.5 Å². The van der Waals surface area contributed by atoms with Crippen LogP contribution in [0.3, 0.4) is 0 Å². The Bertz CT molecular complexity index is 951. The van der Waals surface area contributed by atoms with E-state index in [2.05, 4.69) is 20.2 Å². The van der Waals surface area contributed by atoms with E-state index < -0.39 is 0 Å². The van der Waals surface area contributed by atoms with Gasteiger partial charge in [-0.15, -0.1) is 0 Å². The molecule has 2 N–H and O–H groups in total. The summed E-state index contributed by atoms with van der Waals surface area (Å²) >= 11 is 12.5. The van der Waals surface area contributed by atoms with Crippen LogP contribution in [0, 0.1) is 0 Å². The fraction of sp³-hybridized carbons (Fsp3) is 0. The number of halogens is 2. The smallest absolute Gasteiger partial charge is 0.155 e. The average molecular weight is 329 g/mol. The Labute approximate surface area is 136 Å². The van der Waals surface area contributed by atoms with Gasteiger partial charge >= 0.3 is 0 Å². The van der Waals surface area contributed by atoms with Crippen LogP contribution in [0.5, 0.6) is 0 Å². The largest absolute Gasteiger partial charge is 0.359 e. The predicted octanol–water partition coefficient (Wildman–Crippen LogP) is 4.93. The highest BCUT2D eigenvalue weighted by Crippen LogP contribution is 2.36. The molecule has 6 heteroatoms. The Morgan fingerprint density at radius 3 is 2.64 bits per heavy atom. The molecule has 0 radical (unpaired) electrons. The summed E-state index contributed by atoms with van der Waals surface area (Å²) < 4.78 is 0. The molecule has 4 nitrogen and oxygen atoms in total. The molecule has 22 heavy (non-hydrogen) atoms. The number of nitrogens with zero attached hydrogens (tertiary/aromatic N) is 2. The van der Waals surface area contributed by atoms with Crippen LogP contribution in [0.1, 0.15) is 0 Å². The van der Waals surface area contributed by atoms with Crippen LogP contribution in [0.15, 0.2) is 48.8 Å². The molecular weight excluding hydrogens is 319 g/mol. The Balaban J connectivity index is 1.85. The van der Waals surface area contributed by atoms with Crippen molar-refractivity contribution in [1.82, 2.24) is 20.2 Å². The molecule has 0 unspecified atom stereocenters. The summed E-state index contributed by atoms with van der Waals surface area (Å²) in [6.45, 7) is 0. The monoisotopic (exact) mass is 328 g/mol. The minimum absolute atomic E-state index is 0.617. The maximum atomic E-state index is 6.26. The minimum atomic E-state index is 0.617. The topological polar surface area (TPSA) is 57.4 Å². The van der Waals surface area contributed by atoms with Gasteiger partial charge in [-0.1, -0.05) is 29.3 Å². The van der Waals surface area contributed by atoms with E-state index in [-0.39, 0.29) is 0 Å². The van der Waals surface area contributed by atoms with Crippen molar-refractivity contribution in [2.75, 3.05) is 0 Å². The Morgan fingerprint density at radius 1 is 1.00 bits per heavy atom. The van der Waals surface area contributed by atoms with Crippen molar-refractivity contribution in [1.29, 1.82) is 0 Å². The summed E-state index contributed by atoms with van der Waals surface area (Å²) in [5, 5.41) is 9.45. The van der Waals surface area contributed by atoms with Gasteiger partial charge < -0.3 is 4.98 Å². The lowest BCUT2D eigenvalue weighted by atomic mass is 10.1. The average Bonchev–Trinajstić information content (AvgIpc) is 3.13. The number of pyridine rings is 1. The van der Waals surface area contributed by atoms with E-state index in [1.807, 2.05) is 42.6 Å². The number of fused-ring (bicyclic) bond motifs is 1. The van der Waals surface area contributed by atoms with Gasteiger partial charge in [0.2, 0.25) is 0 Å². The van der Waals surface area contributed by atoms with Crippen molar-refractivity contribution in [3.63, 3.8) is 0 Å². The highest BCUT2D eigenvalue weighted by molar-refractivity contribution is 6.39. The van der Waals surface area contributed by atoms with Crippen molar-refractivity contribution in [2.24, 2.45) is 0 Å². The van der Waals surface area contributed by atoms with E-state index >= 15 is 0 Å². The molecule has 3 heterocycles. The van der Waals surface area contributed by atoms with E-state index in [1.54, 1.807) is 6.20 Å². The molecule has 4 rings (SSSR count). The molecular formula is C16H10Cl2N4. The number of nitrogens with one attached hydrogen (secondary N) is 2. The quantitative estimate of drug-likeness (QED) is 0.548. The molecule has 0 spiro atoms. The number of H-pyrrole nitrogens is 2. The van der Waals surface area contributed by atoms with Gasteiger partial charge in [-0.3, -0.25) is 5.10 Å². The SMILES string of the molecule is Clc1cccc(Cl)c1-c1c[nH]c(-c2n[nH]c3ncccc23)c1. The van der Waals surface area contributed by atoms with E-state index in [0.717, 1.165) is 33.5 Å². The lowest BCUT2D eigenvalue weighted by Gasteiger charge is -2.03. The summed E-state index contributed by atoms with van der Waals surface area (Å²) in [4.78, 5) is 7.47. The van der Waals surface area contributed by atoms with Crippen molar-refractivity contribution in [3.8, 4) is 22.5 Å². The van der Waals surface area contributed by atoms with Gasteiger partial charge in [0.15, 0.2) is 5.65 Å². The zero-order chi connectivity index (χ0) is 15.1. The molecule has 0 atom stereocenters. The minimum Gasteiger partial charge on any atom is -0.359 e. The first-order chi connectivity index (χ1) is 10.7. The first-order valence-corrected chi connectivity index (χ1v) is 7.42. The lowest BCUT2D eigenvalue weighted by molar-refractivity contribution is 1.10. The van der Waals surface area contributed by atoms with Gasteiger partial charge in [0.05, 0.1) is 5.69 Å². The van der Waals surface area contributed by atoms with Gasteiger partial charge in [-0.2, -0.15) is 5.10 Å². The molecule has 3 aromatic heterocycles. The third-order valence-corrected chi connectivity index (χ3v) is 4.16. The van der Waals surface area contributed by atoms with Crippen LogP contribution in [-0.4, -0.2) is 20.2 Å². The summed E-state index contributed by atoms with van der Waals surface area (Å²) in [6, 6.07) is 11.3. The first kappa shape index (κ1) is 13.4. The molecule has 0 aliphatic heterocycles. The maximum absolute atomic E-state index is 6.26. The fourth-order valence-electron chi connectivity index (χ4n) is 2.51. The highest BCUT2D eigenvalue weighted by Gasteiger charge is 2.14. The predicted molar refractivity (Wildman–Crippen MR) is 89.1 cm³/mol. The van der Waals surface area contributed by atoms with Gasteiger partial charge in [0, 0.05) is 39.0 Å². The maximum Gasteiger partial charge on any atom is 0.155 e. The van der Waals surface area contributed by atoms with Gasteiger partial charge in [0.25, 0.3) is 0 Å². The normalized spacial score (nSPS) is 11.2. The van der Waals surface area contributed by atoms with Crippen molar-refractivity contribution in [3.05, 3.63) is 58.8 Å². The molecule has 4 aromatic rings. The van der Waals surface area contributed by atoms with Gasteiger partial charge in [-0.25, -0.2) is 4.98 Å². The van der Waals surface area contributed by atoms with Crippen LogP contribution in [0.4, 0.5) is 0 Å². The van der Waals surface area contributed by atoms with Crippen molar-refractivity contribution >= 4 is 34.2 Å². The molecule has 0 fully saturated rings. The van der Waals surface area contributed by atoms with Crippen molar-refractivity contribution < 1.29 is 0 Å². The molecule has 1 aromatic carbocycles. The second kappa shape index (κ2) is 5.16. The summed E-state index contributed by atoms with van der Waals surface area (Å²) in [5.41, 5.74) is 4.18. The van der Waals surface area contributed by atoms with E-state index in [0.29, 0.717) is 10.0 Å². The van der Waals surface area contributed by atoms with Gasteiger partial charge in [-0.05, 0) is 30.3 Å². The standard InChI is InChI=1S/C16H10Cl2N4/c17-11-4-1-5-12(18)14(11)9-7-13(20-8-9)15-10-3-2-6-19-16(10)22-21-15/h1-8,20H,(H,19,21,22). The molecule has 0 saturated heterocycles. The number of aromatic amines is 2. The number of rotatable bonds is 2. The summed E-state index contributed by atoms with van der Waals surface area (Å²) in [5.74, 6) is 0. The molecule has 0 saturated carbocycles. The van der Waals surface area contributed by atoms with E-state index in [1.165, 1.54) is 0 Å². The van der Waals surface area contributed by atoms with Gasteiger partial charge in [0.1, 0.15) is 5.69 Å². The Hall–Kier alpha value is -2.30. The summed E-state index contributed by atoms with van der Waals surface area (Å²) in [6.07, 6.45) is 3.60. The van der Waals surface area contributed by atoms with Crippen LogP contribution in [-0.2, 0) is 0 Å². The molecule has 0 aliphatic carbocycles. The van der Waals surface area contributed by atoms with Crippen molar-refractivity contribution in [2.45, 2.75) is 0 Å². The number of hydrogen-bond donors (Lipinski definition) is 2. The molecule has 108 valence electrons. The first-order valence-electron chi connectivity index (χ1n) is 6.66. The van der Waals surface area contributed by atoms with E-state index in [4.69, 9.17) is 23.2 Å². The molecule has 0 amide bonds. The van der Waals surface area contributed by atoms with E-state index in [9.17, 15) is 0 Å². The lowest BCUT2D eigenvalue weighted by Crippen LogP contribution is -1.79. The third kappa shape index (κ3) is 2.08. The van der Waals surface area contributed by atoms with Crippen LogP contribution in [0.2, 0.25) is 10.0 Å². The van der Waals surface area contributed by atoms with Crippen LogP contribution >= 0.6 is 23.2 Å². The fourth-order valence-corrected chi connectivity index (χ4v) is 3.12. The highest BCUT2D eigenvalue weighted by atomic mass is 35.5. The second-order valence-corrected chi connectivity index (χ2v) is 5.68. The summed E-state index contributed by atoms with van der Waals surface area (Å²) in [7, 11) is 0. The second-order valence-electron chi connectivity index (χ2n) is 4.87. The zero-order valence-corrected chi connectivity index (χ0v) is 12.8. The third-order valence-electron chi connectivity index (χ3n) is 3.53. The molecule has 0 aliphatic rings. The number of hydrogen-bond acceptors (Lipinski definition) is 2. The number of aromatic nitrogens is 4. The molecule has 0 bridgehead atoms. The Kier molecular flexibility index (Phi) is 3.13.